The molecule has 0 aromatic heterocycles. The summed E-state index contributed by atoms with van der Waals surface area (Å²) in [5.41, 5.74) is 0. The van der Waals surface area contributed by atoms with Crippen LogP contribution in [0.3, 0.4) is 0 Å². The van der Waals surface area contributed by atoms with Gasteiger partial charge in [0.15, 0.2) is 12.2 Å². The Balaban J connectivity index is 3.64. The summed E-state index contributed by atoms with van der Waals surface area (Å²) in [5.74, 6) is -7.98. The molecule has 1 fully saturated rings. The van der Waals surface area contributed by atoms with E-state index in [0.29, 0.717) is 0 Å². The largest absolute Gasteiger partial charge is 0.465 e. The number of methoxy groups -OCH3 is 1. The molecular weight excluding hydrogens is 462 g/mol. The van der Waals surface area contributed by atoms with Crippen LogP contribution in [0.2, 0.25) is 0 Å². The fraction of sp³-hybridized carbons (Fsp3) is 0.700. The van der Waals surface area contributed by atoms with E-state index < -0.39 is 85.0 Å². The van der Waals surface area contributed by atoms with Crippen molar-refractivity contribution in [2.24, 2.45) is 0 Å². The Morgan fingerprint density at radius 2 is 1.56 bits per heavy atom. The number of carbonyl (C=O) groups excluding carboxylic acids is 6. The normalized spacial score (nSPS) is 25.7. The van der Waals surface area contributed by atoms with Gasteiger partial charge in [-0.1, -0.05) is 0 Å². The summed E-state index contributed by atoms with van der Waals surface area (Å²) in [6, 6.07) is -1.31. The molecule has 0 spiro atoms. The van der Waals surface area contributed by atoms with Crippen molar-refractivity contribution in [1.29, 1.82) is 0 Å². The van der Waals surface area contributed by atoms with Crippen molar-refractivity contribution in [2.75, 3.05) is 13.7 Å². The van der Waals surface area contributed by atoms with E-state index in [9.17, 15) is 33.9 Å². The van der Waals surface area contributed by atoms with Crippen molar-refractivity contribution >= 4 is 35.8 Å². The lowest BCUT2D eigenvalue weighted by molar-refractivity contribution is -0.299. The SMILES string of the molecule is COC(=O)[C@]1(O)C[C@H](OC(C)=O)[C@@H](NC(C)=O)[C@H]([C@@H](OC(C)=O)[C@@H](COC(C)=O)OC(C)=O)O1. The Morgan fingerprint density at radius 3 is 2.00 bits per heavy atom. The highest BCUT2D eigenvalue weighted by molar-refractivity contribution is 5.78. The molecule has 1 aliphatic rings. The average Bonchev–Trinajstić information content (AvgIpc) is 2.69. The topological polar surface area (TPSA) is 190 Å². The molecule has 0 aliphatic carbocycles. The number of hydrogen-bond donors (Lipinski definition) is 2. The summed E-state index contributed by atoms with van der Waals surface area (Å²) in [4.78, 5) is 70.9. The average molecular weight is 491 g/mol. The van der Waals surface area contributed by atoms with Crippen molar-refractivity contribution in [3.8, 4) is 0 Å². The van der Waals surface area contributed by atoms with Crippen LogP contribution in [0.1, 0.15) is 41.0 Å². The van der Waals surface area contributed by atoms with Gasteiger partial charge < -0.3 is 38.8 Å². The van der Waals surface area contributed by atoms with Crippen LogP contribution in [0.4, 0.5) is 0 Å². The first kappa shape index (κ1) is 28.8. The van der Waals surface area contributed by atoms with Gasteiger partial charge in [-0.25, -0.2) is 4.79 Å². The highest BCUT2D eigenvalue weighted by Gasteiger charge is 2.57. The van der Waals surface area contributed by atoms with Crippen LogP contribution in [0, 0.1) is 0 Å². The van der Waals surface area contributed by atoms with Crippen molar-refractivity contribution in [3.05, 3.63) is 0 Å². The minimum absolute atomic E-state index is 0.617. The lowest BCUT2D eigenvalue weighted by Gasteiger charge is -2.46. The molecule has 192 valence electrons. The minimum atomic E-state index is -2.71. The van der Waals surface area contributed by atoms with Crippen LogP contribution in [-0.2, 0) is 57.2 Å². The molecule has 1 heterocycles. The van der Waals surface area contributed by atoms with Gasteiger partial charge in [-0.3, -0.25) is 24.0 Å². The molecule has 1 aliphatic heterocycles. The number of nitrogens with one attached hydrogen (secondary N) is 1. The van der Waals surface area contributed by atoms with E-state index in [0.717, 1.165) is 41.7 Å². The summed E-state index contributed by atoms with van der Waals surface area (Å²) in [7, 11) is 0.964. The van der Waals surface area contributed by atoms with Crippen molar-refractivity contribution in [3.63, 3.8) is 0 Å². The molecule has 6 atom stereocenters. The van der Waals surface area contributed by atoms with Gasteiger partial charge in [-0.2, -0.15) is 0 Å². The zero-order chi connectivity index (χ0) is 26.2. The Morgan fingerprint density at radius 1 is 0.971 bits per heavy atom. The van der Waals surface area contributed by atoms with E-state index in [1.54, 1.807) is 0 Å². The van der Waals surface area contributed by atoms with E-state index in [2.05, 4.69) is 10.1 Å². The van der Waals surface area contributed by atoms with Crippen LogP contribution in [0.5, 0.6) is 0 Å². The highest BCUT2D eigenvalue weighted by Crippen LogP contribution is 2.34. The third-order valence-electron chi connectivity index (χ3n) is 4.52. The molecule has 1 amide bonds. The summed E-state index contributed by atoms with van der Waals surface area (Å²) >= 11 is 0. The second-order valence-corrected chi connectivity index (χ2v) is 7.46. The Hall–Kier alpha value is -3.26. The van der Waals surface area contributed by atoms with Crippen molar-refractivity contribution < 1.29 is 62.3 Å². The second kappa shape index (κ2) is 12.3. The van der Waals surface area contributed by atoms with Crippen LogP contribution < -0.4 is 5.32 Å². The van der Waals surface area contributed by atoms with Crippen LogP contribution in [-0.4, -0.2) is 90.8 Å². The van der Waals surface area contributed by atoms with E-state index >= 15 is 0 Å². The second-order valence-electron chi connectivity index (χ2n) is 7.46. The Kier molecular flexibility index (Phi) is 10.4. The van der Waals surface area contributed by atoms with Crippen molar-refractivity contribution in [2.45, 2.75) is 77.3 Å². The maximum Gasteiger partial charge on any atom is 0.366 e. The molecule has 14 heteroatoms. The van der Waals surface area contributed by atoms with E-state index in [4.69, 9.17) is 23.7 Å². The molecule has 1 saturated heterocycles. The van der Waals surface area contributed by atoms with E-state index in [-0.39, 0.29) is 0 Å². The summed E-state index contributed by atoms with van der Waals surface area (Å²) in [5, 5.41) is 13.3. The third-order valence-corrected chi connectivity index (χ3v) is 4.52. The molecule has 0 radical (unpaired) electrons. The molecule has 0 unspecified atom stereocenters. The number of aliphatic hydroxyl groups is 1. The van der Waals surface area contributed by atoms with E-state index in [1.165, 1.54) is 0 Å². The zero-order valence-electron chi connectivity index (χ0n) is 19.6. The van der Waals surface area contributed by atoms with Gasteiger partial charge in [0.1, 0.15) is 18.8 Å². The molecular formula is C20H29NO13. The first-order chi connectivity index (χ1) is 15.7. The van der Waals surface area contributed by atoms with Gasteiger partial charge in [0, 0.05) is 34.6 Å². The fourth-order valence-electron chi connectivity index (χ4n) is 3.41. The predicted octanol–water partition coefficient (Wildman–Crippen LogP) is -1.50. The number of rotatable bonds is 9. The van der Waals surface area contributed by atoms with Gasteiger partial charge in [-0.15, -0.1) is 0 Å². The smallest absolute Gasteiger partial charge is 0.366 e. The van der Waals surface area contributed by atoms with Crippen LogP contribution >= 0.6 is 0 Å². The van der Waals surface area contributed by atoms with E-state index in [1.807, 2.05) is 0 Å². The highest BCUT2D eigenvalue weighted by atomic mass is 16.7. The Labute approximate surface area is 195 Å². The lowest BCUT2D eigenvalue weighted by atomic mass is 9.88. The summed E-state index contributed by atoms with van der Waals surface area (Å²) in [6.45, 7) is 4.69. The zero-order valence-corrected chi connectivity index (χ0v) is 19.6. The van der Waals surface area contributed by atoms with Crippen LogP contribution in [0.15, 0.2) is 0 Å². The Bertz CT molecular complexity index is 812. The van der Waals surface area contributed by atoms with Gasteiger partial charge in [0.05, 0.1) is 19.6 Å². The fourth-order valence-corrected chi connectivity index (χ4v) is 3.41. The molecule has 14 nitrogen and oxygen atoms in total. The molecule has 1 rings (SSSR count). The van der Waals surface area contributed by atoms with Gasteiger partial charge in [0.25, 0.3) is 5.79 Å². The third kappa shape index (κ3) is 8.26. The molecule has 0 saturated carbocycles. The molecule has 2 N–H and O–H groups in total. The van der Waals surface area contributed by atoms with Crippen molar-refractivity contribution in [1.82, 2.24) is 5.32 Å². The summed E-state index contributed by atoms with van der Waals surface area (Å²) < 4.78 is 30.6. The maximum absolute atomic E-state index is 12.3. The number of esters is 5. The van der Waals surface area contributed by atoms with Gasteiger partial charge in [-0.05, 0) is 0 Å². The monoisotopic (exact) mass is 491 g/mol. The van der Waals surface area contributed by atoms with Crippen LogP contribution in [0.25, 0.3) is 0 Å². The number of amides is 1. The summed E-state index contributed by atoms with van der Waals surface area (Å²) in [6.07, 6.45) is -6.86. The number of hydrogen-bond acceptors (Lipinski definition) is 13. The first-order valence-electron chi connectivity index (χ1n) is 10.1. The first-order valence-corrected chi connectivity index (χ1v) is 10.1. The standard InChI is InChI=1S/C20H29NO13/c1-9(22)21-16-14(31-11(3)24)7-20(28,19(27)29-6)34-18(16)17(33-13(5)26)15(32-12(4)25)8-30-10(2)23/h14-18,28H,7-8H2,1-6H3,(H,21,22)/t14-,15+,16+,17-,18+,20-/m0/s1. The molecule has 0 aromatic rings. The van der Waals surface area contributed by atoms with Gasteiger partial charge >= 0.3 is 29.8 Å². The predicted molar refractivity (Wildman–Crippen MR) is 107 cm³/mol. The molecule has 0 aromatic carbocycles. The van der Waals surface area contributed by atoms with Gasteiger partial charge in [0.2, 0.25) is 5.91 Å². The maximum atomic E-state index is 12.3. The quantitative estimate of drug-likeness (QED) is 0.280. The minimum Gasteiger partial charge on any atom is -0.465 e. The molecule has 34 heavy (non-hydrogen) atoms. The molecule has 0 bridgehead atoms. The lowest BCUT2D eigenvalue weighted by Crippen LogP contribution is -2.68. The number of carbonyl (C=O) groups is 6. The number of ether oxygens (including phenoxy) is 6.